The van der Waals surface area contributed by atoms with Gasteiger partial charge in [-0.15, -0.1) is 22.0 Å². The maximum atomic E-state index is 11.9. The van der Waals surface area contributed by atoms with Crippen LogP contribution < -0.4 is 5.32 Å². The van der Waals surface area contributed by atoms with Crippen molar-refractivity contribution in [3.05, 3.63) is 39.7 Å². The van der Waals surface area contributed by atoms with Gasteiger partial charge in [0.1, 0.15) is 0 Å². The summed E-state index contributed by atoms with van der Waals surface area (Å²) in [5, 5.41) is 11.0. The fourth-order valence-corrected chi connectivity index (χ4v) is 2.70. The molecule has 0 amide bonds. The lowest BCUT2D eigenvalue weighted by Crippen LogP contribution is -2.14. The Kier molecular flexibility index (Phi) is 5.64. The topological polar surface area (TPSA) is 64.1 Å². The Morgan fingerprint density at radius 1 is 1.43 bits per heavy atom. The average Bonchev–Trinajstić information content (AvgIpc) is 2.48. The zero-order valence-electron chi connectivity index (χ0n) is 11.9. The minimum Gasteiger partial charge on any atom is -0.461 e. The predicted molar refractivity (Wildman–Crippen MR) is 85.5 cm³/mol. The van der Waals surface area contributed by atoms with Gasteiger partial charge in [0.05, 0.1) is 12.3 Å². The molecule has 5 nitrogen and oxygen atoms in total. The Morgan fingerprint density at radius 3 is 2.90 bits per heavy atom. The lowest BCUT2D eigenvalue weighted by atomic mass is 10.1. The fourth-order valence-electron chi connectivity index (χ4n) is 1.92. The van der Waals surface area contributed by atoms with Crippen LogP contribution in [0.25, 0.3) is 0 Å². The summed E-state index contributed by atoms with van der Waals surface area (Å²) in [4.78, 5) is 13.1. The van der Waals surface area contributed by atoms with E-state index in [0.717, 1.165) is 23.4 Å². The van der Waals surface area contributed by atoms with Gasteiger partial charge in [-0.2, -0.15) is 0 Å². The van der Waals surface area contributed by atoms with Crippen LogP contribution in [0.4, 0.5) is 5.69 Å². The monoisotopic (exact) mass is 325 g/mol. The van der Waals surface area contributed by atoms with Gasteiger partial charge in [-0.05, 0) is 26.0 Å². The summed E-state index contributed by atoms with van der Waals surface area (Å²) >= 11 is 7.53. The number of carbonyl (C=O) groups is 1. The Bertz CT molecular complexity index is 602. The number of carbonyl (C=O) groups excluding carboxylic acids is 1. The summed E-state index contributed by atoms with van der Waals surface area (Å²) in [5.41, 5.74) is 1.58. The summed E-state index contributed by atoms with van der Waals surface area (Å²) < 4.78 is 4.99. The number of thioether (sulfide) groups is 1. The molecule has 0 spiro atoms. The summed E-state index contributed by atoms with van der Waals surface area (Å²) in [6.45, 7) is 2.02. The number of ether oxygens (including phenoxy) is 1. The largest absolute Gasteiger partial charge is 0.461 e. The standard InChI is InChI=1S/C14H16ClN3O2S/c1-3-20-14(19)13-10(8-12(15)17-18-13)16-9-6-4-5-7-11(9)21-2/h6-8H,3-5H2,1-2H3,(H,16,17). The Labute approximate surface area is 132 Å². The molecular formula is C14H16ClN3O2S. The van der Waals surface area contributed by atoms with E-state index in [1.807, 2.05) is 6.26 Å². The van der Waals surface area contributed by atoms with Crippen molar-refractivity contribution in [1.82, 2.24) is 10.2 Å². The molecule has 112 valence electrons. The van der Waals surface area contributed by atoms with E-state index in [-0.39, 0.29) is 17.5 Å². The molecule has 0 fully saturated rings. The average molecular weight is 326 g/mol. The first kappa shape index (κ1) is 15.9. The number of rotatable bonds is 5. The molecule has 0 unspecified atom stereocenters. The summed E-state index contributed by atoms with van der Waals surface area (Å²) in [6.07, 6.45) is 8.23. The van der Waals surface area contributed by atoms with E-state index in [1.54, 1.807) is 24.8 Å². The van der Waals surface area contributed by atoms with Crippen molar-refractivity contribution in [2.75, 3.05) is 18.2 Å². The molecule has 7 heteroatoms. The second-order valence-corrected chi connectivity index (χ2v) is 5.48. The number of hydrogen-bond donors (Lipinski definition) is 1. The molecule has 1 N–H and O–H groups in total. The molecule has 0 saturated carbocycles. The number of halogens is 1. The molecular weight excluding hydrogens is 310 g/mol. The molecule has 0 saturated heterocycles. The van der Waals surface area contributed by atoms with Gasteiger partial charge in [0, 0.05) is 16.7 Å². The van der Waals surface area contributed by atoms with Crippen molar-refractivity contribution >= 4 is 35.0 Å². The lowest BCUT2D eigenvalue weighted by molar-refractivity contribution is 0.0519. The number of allylic oxidation sites excluding steroid dienone is 2. The maximum Gasteiger partial charge on any atom is 0.361 e. The normalized spacial score (nSPS) is 14.2. The number of hydrogen-bond acceptors (Lipinski definition) is 6. The molecule has 1 heterocycles. The van der Waals surface area contributed by atoms with Crippen molar-refractivity contribution in [1.29, 1.82) is 0 Å². The molecule has 0 aromatic carbocycles. The van der Waals surface area contributed by atoms with Gasteiger partial charge >= 0.3 is 5.97 Å². The highest BCUT2D eigenvalue weighted by Gasteiger charge is 2.18. The Balaban J connectivity index is 2.30. The van der Waals surface area contributed by atoms with Crippen LogP contribution in [0, 0.1) is 0 Å². The van der Waals surface area contributed by atoms with Gasteiger partial charge < -0.3 is 10.1 Å². The van der Waals surface area contributed by atoms with Crippen molar-refractivity contribution in [2.45, 2.75) is 19.8 Å². The fraction of sp³-hybridized carbons (Fsp3) is 0.357. The molecule has 1 aliphatic carbocycles. The number of esters is 1. The van der Waals surface area contributed by atoms with E-state index >= 15 is 0 Å². The van der Waals surface area contributed by atoms with Crippen LogP contribution in [-0.2, 0) is 4.74 Å². The summed E-state index contributed by atoms with van der Waals surface area (Å²) in [5.74, 6) is -0.518. The smallest absolute Gasteiger partial charge is 0.361 e. The molecule has 0 aliphatic heterocycles. The molecule has 1 aromatic rings. The highest BCUT2D eigenvalue weighted by molar-refractivity contribution is 8.02. The predicted octanol–water partition coefficient (Wildman–Crippen LogP) is 3.64. The van der Waals surface area contributed by atoms with Gasteiger partial charge in [0.2, 0.25) is 0 Å². The zero-order valence-corrected chi connectivity index (χ0v) is 13.4. The van der Waals surface area contributed by atoms with Crippen molar-refractivity contribution in [3.8, 4) is 0 Å². The van der Waals surface area contributed by atoms with Gasteiger partial charge in [-0.1, -0.05) is 23.8 Å². The third-order valence-electron chi connectivity index (χ3n) is 2.83. The van der Waals surface area contributed by atoms with E-state index in [4.69, 9.17) is 16.3 Å². The van der Waals surface area contributed by atoms with Crippen LogP contribution in [0.5, 0.6) is 0 Å². The third-order valence-corrected chi connectivity index (χ3v) is 3.84. The minimum atomic E-state index is -0.518. The molecule has 21 heavy (non-hydrogen) atoms. The van der Waals surface area contributed by atoms with Crippen LogP contribution in [0.1, 0.15) is 30.3 Å². The van der Waals surface area contributed by atoms with Gasteiger partial charge in [0.15, 0.2) is 10.8 Å². The minimum absolute atomic E-state index is 0.133. The summed E-state index contributed by atoms with van der Waals surface area (Å²) in [6, 6.07) is 1.58. The zero-order chi connectivity index (χ0) is 15.2. The van der Waals surface area contributed by atoms with Crippen LogP contribution in [0.15, 0.2) is 28.8 Å². The number of nitrogens with zero attached hydrogens (tertiary/aromatic N) is 2. The number of nitrogens with one attached hydrogen (secondary N) is 1. The van der Waals surface area contributed by atoms with Crippen molar-refractivity contribution in [3.63, 3.8) is 0 Å². The number of aromatic nitrogens is 2. The molecule has 0 radical (unpaired) electrons. The van der Waals surface area contributed by atoms with Crippen molar-refractivity contribution in [2.24, 2.45) is 0 Å². The highest BCUT2D eigenvalue weighted by atomic mass is 35.5. The first-order valence-corrected chi connectivity index (χ1v) is 8.18. The second-order valence-electron chi connectivity index (χ2n) is 4.24. The Hall–Kier alpha value is -1.53. The van der Waals surface area contributed by atoms with Gasteiger partial charge in [-0.25, -0.2) is 4.79 Å². The molecule has 1 aromatic heterocycles. The van der Waals surface area contributed by atoms with Gasteiger partial charge in [0.25, 0.3) is 0 Å². The molecule has 0 atom stereocenters. The quantitative estimate of drug-likeness (QED) is 0.834. The van der Waals surface area contributed by atoms with E-state index in [0.29, 0.717) is 5.69 Å². The maximum absolute atomic E-state index is 11.9. The molecule has 0 bridgehead atoms. The van der Waals surface area contributed by atoms with Crippen LogP contribution in [0.3, 0.4) is 0 Å². The van der Waals surface area contributed by atoms with Crippen LogP contribution >= 0.6 is 23.4 Å². The lowest BCUT2D eigenvalue weighted by Gasteiger charge is -2.17. The second kappa shape index (κ2) is 7.47. The van der Waals surface area contributed by atoms with E-state index in [1.165, 1.54) is 0 Å². The van der Waals surface area contributed by atoms with E-state index < -0.39 is 5.97 Å². The molecule has 2 rings (SSSR count). The Morgan fingerprint density at radius 2 is 2.19 bits per heavy atom. The molecule has 1 aliphatic rings. The summed E-state index contributed by atoms with van der Waals surface area (Å²) in [7, 11) is 0. The van der Waals surface area contributed by atoms with Crippen LogP contribution in [0.2, 0.25) is 5.15 Å². The first-order valence-electron chi connectivity index (χ1n) is 6.57. The van der Waals surface area contributed by atoms with E-state index in [9.17, 15) is 4.79 Å². The van der Waals surface area contributed by atoms with Crippen LogP contribution in [-0.4, -0.2) is 29.0 Å². The SMILES string of the molecule is CCOC(=O)c1nnc(Cl)cc1NC1=CCCC=C1SC. The van der Waals surface area contributed by atoms with E-state index in [2.05, 4.69) is 27.7 Å². The number of anilines is 1. The van der Waals surface area contributed by atoms with Crippen molar-refractivity contribution < 1.29 is 9.53 Å². The van der Waals surface area contributed by atoms with Gasteiger partial charge in [-0.3, -0.25) is 0 Å². The third kappa shape index (κ3) is 3.98. The first-order chi connectivity index (χ1) is 10.2. The highest BCUT2D eigenvalue weighted by Crippen LogP contribution is 2.29.